The van der Waals surface area contributed by atoms with Gasteiger partial charge >= 0.3 is 0 Å². The summed E-state index contributed by atoms with van der Waals surface area (Å²) < 4.78 is 27.2. The van der Waals surface area contributed by atoms with Gasteiger partial charge in [-0.3, -0.25) is 0 Å². The first-order valence-corrected chi connectivity index (χ1v) is 7.64. The zero-order chi connectivity index (χ0) is 13.9. The van der Waals surface area contributed by atoms with Crippen LogP contribution in [0.4, 0.5) is 5.69 Å². The van der Waals surface area contributed by atoms with Gasteiger partial charge in [0.2, 0.25) is 10.0 Å². The van der Waals surface area contributed by atoms with Gasteiger partial charge in [-0.05, 0) is 43.0 Å². The van der Waals surface area contributed by atoms with E-state index in [1.807, 2.05) is 27.7 Å². The van der Waals surface area contributed by atoms with Crippen LogP contribution in [0, 0.1) is 12.8 Å². The Hall–Kier alpha value is -1.07. The summed E-state index contributed by atoms with van der Waals surface area (Å²) in [6, 6.07) is 4.81. The number of nitrogens with one attached hydrogen (secondary N) is 1. The third kappa shape index (κ3) is 3.71. The zero-order valence-electron chi connectivity index (χ0n) is 11.4. The largest absolute Gasteiger partial charge is 0.399 e. The minimum absolute atomic E-state index is 0.0586. The Morgan fingerprint density at radius 1 is 1.28 bits per heavy atom. The lowest BCUT2D eigenvalue weighted by Gasteiger charge is -2.20. The molecule has 1 atom stereocenters. The van der Waals surface area contributed by atoms with Crippen molar-refractivity contribution >= 4 is 15.7 Å². The Labute approximate surface area is 110 Å². The average Bonchev–Trinajstić information content (AvgIpc) is 2.24. The predicted octanol–water partition coefficient (Wildman–Crippen LogP) is 2.29. The molecule has 0 saturated carbocycles. The summed E-state index contributed by atoms with van der Waals surface area (Å²) >= 11 is 0. The summed E-state index contributed by atoms with van der Waals surface area (Å²) in [5, 5.41) is 0. The number of rotatable bonds is 5. The van der Waals surface area contributed by atoms with E-state index in [1.54, 1.807) is 12.1 Å². The second kappa shape index (κ2) is 5.71. The highest BCUT2D eigenvalue weighted by Gasteiger charge is 2.21. The van der Waals surface area contributed by atoms with Crippen LogP contribution in [-0.2, 0) is 10.0 Å². The van der Waals surface area contributed by atoms with Crippen LogP contribution < -0.4 is 10.5 Å². The number of sulfonamides is 1. The van der Waals surface area contributed by atoms with Gasteiger partial charge in [-0.1, -0.05) is 20.8 Å². The summed E-state index contributed by atoms with van der Waals surface area (Å²) in [6.07, 6.45) is 0.762. The van der Waals surface area contributed by atoms with Gasteiger partial charge in [0.25, 0.3) is 0 Å². The van der Waals surface area contributed by atoms with E-state index in [1.165, 1.54) is 6.07 Å². The fourth-order valence-corrected chi connectivity index (χ4v) is 3.50. The number of nitrogens with two attached hydrogens (primary N) is 1. The molecular weight excluding hydrogens is 248 g/mol. The molecule has 102 valence electrons. The van der Waals surface area contributed by atoms with E-state index < -0.39 is 10.0 Å². The van der Waals surface area contributed by atoms with Gasteiger partial charge in [-0.25, -0.2) is 13.1 Å². The number of nitrogen functional groups attached to an aromatic ring is 1. The van der Waals surface area contributed by atoms with E-state index in [4.69, 9.17) is 5.73 Å². The number of hydrogen-bond donors (Lipinski definition) is 2. The van der Waals surface area contributed by atoms with Crippen LogP contribution in [-0.4, -0.2) is 14.5 Å². The normalized spacial score (nSPS) is 13.8. The molecule has 0 aliphatic heterocycles. The quantitative estimate of drug-likeness (QED) is 0.806. The summed E-state index contributed by atoms with van der Waals surface area (Å²) in [6.45, 7) is 7.80. The summed E-state index contributed by atoms with van der Waals surface area (Å²) in [4.78, 5) is 0.235. The Kier molecular flexibility index (Phi) is 4.76. The first-order chi connectivity index (χ1) is 8.26. The van der Waals surface area contributed by atoms with Crippen molar-refractivity contribution in [1.29, 1.82) is 0 Å². The van der Waals surface area contributed by atoms with Crippen molar-refractivity contribution in [3.05, 3.63) is 23.8 Å². The first-order valence-electron chi connectivity index (χ1n) is 6.15. The number of aryl methyl sites for hydroxylation is 1. The van der Waals surface area contributed by atoms with E-state index in [2.05, 4.69) is 4.72 Å². The highest BCUT2D eigenvalue weighted by molar-refractivity contribution is 7.89. The standard InChI is InChI=1S/C13H22N2O2S/c1-5-13(9(2)3)15-18(16,17)12-7-10(4)6-11(14)8-12/h6-9,13,15H,5,14H2,1-4H3. The van der Waals surface area contributed by atoms with Crippen LogP contribution in [0.1, 0.15) is 32.8 Å². The maximum atomic E-state index is 12.2. The molecule has 5 heteroatoms. The Morgan fingerprint density at radius 2 is 1.89 bits per heavy atom. The Bertz CT molecular complexity index is 489. The van der Waals surface area contributed by atoms with Gasteiger partial charge in [-0.2, -0.15) is 0 Å². The van der Waals surface area contributed by atoms with Gasteiger partial charge in [0.05, 0.1) is 4.90 Å². The molecule has 0 fully saturated rings. The van der Waals surface area contributed by atoms with Crippen molar-refractivity contribution in [3.8, 4) is 0 Å². The maximum absolute atomic E-state index is 12.2. The molecule has 0 aliphatic carbocycles. The van der Waals surface area contributed by atoms with Crippen molar-refractivity contribution in [2.24, 2.45) is 5.92 Å². The zero-order valence-corrected chi connectivity index (χ0v) is 12.2. The molecule has 0 radical (unpaired) electrons. The second-order valence-corrected chi connectivity index (χ2v) is 6.67. The Balaban J connectivity index is 3.06. The molecule has 0 spiro atoms. The fourth-order valence-electron chi connectivity index (χ4n) is 1.89. The van der Waals surface area contributed by atoms with E-state index in [0.29, 0.717) is 5.69 Å². The number of benzene rings is 1. The van der Waals surface area contributed by atoms with Gasteiger partial charge < -0.3 is 5.73 Å². The van der Waals surface area contributed by atoms with Crippen LogP contribution in [0.5, 0.6) is 0 Å². The molecule has 1 aromatic rings. The molecule has 1 unspecified atom stereocenters. The van der Waals surface area contributed by atoms with E-state index in [-0.39, 0.29) is 16.9 Å². The lowest BCUT2D eigenvalue weighted by atomic mass is 10.0. The van der Waals surface area contributed by atoms with Crippen molar-refractivity contribution < 1.29 is 8.42 Å². The SMILES string of the molecule is CCC(NS(=O)(=O)c1cc(C)cc(N)c1)C(C)C. The van der Waals surface area contributed by atoms with Crippen molar-refractivity contribution in [3.63, 3.8) is 0 Å². The summed E-state index contributed by atoms with van der Waals surface area (Å²) in [7, 11) is -3.49. The molecule has 0 bridgehead atoms. The van der Waals surface area contributed by atoms with Crippen LogP contribution in [0.3, 0.4) is 0 Å². The summed E-state index contributed by atoms with van der Waals surface area (Å²) in [5.74, 6) is 0.256. The second-order valence-electron chi connectivity index (χ2n) is 4.96. The molecule has 0 heterocycles. The third-order valence-electron chi connectivity index (χ3n) is 2.93. The van der Waals surface area contributed by atoms with E-state index >= 15 is 0 Å². The van der Waals surface area contributed by atoms with Crippen molar-refractivity contribution in [2.45, 2.75) is 45.1 Å². The molecule has 0 aliphatic rings. The molecule has 18 heavy (non-hydrogen) atoms. The Morgan fingerprint density at radius 3 is 2.33 bits per heavy atom. The molecule has 0 aromatic heterocycles. The van der Waals surface area contributed by atoms with Gasteiger partial charge in [-0.15, -0.1) is 0 Å². The molecule has 0 saturated heterocycles. The van der Waals surface area contributed by atoms with Gasteiger partial charge in [0, 0.05) is 11.7 Å². The number of hydrogen-bond acceptors (Lipinski definition) is 3. The average molecular weight is 270 g/mol. The van der Waals surface area contributed by atoms with Crippen LogP contribution >= 0.6 is 0 Å². The minimum atomic E-state index is -3.49. The minimum Gasteiger partial charge on any atom is -0.399 e. The topological polar surface area (TPSA) is 72.2 Å². The van der Waals surface area contributed by atoms with E-state index in [9.17, 15) is 8.42 Å². The lowest BCUT2D eigenvalue weighted by Crippen LogP contribution is -2.38. The van der Waals surface area contributed by atoms with Crippen LogP contribution in [0.25, 0.3) is 0 Å². The van der Waals surface area contributed by atoms with Crippen LogP contribution in [0.2, 0.25) is 0 Å². The first kappa shape index (κ1) is 15.0. The number of anilines is 1. The third-order valence-corrected chi connectivity index (χ3v) is 4.40. The highest BCUT2D eigenvalue weighted by Crippen LogP contribution is 2.18. The summed E-state index contributed by atoms with van der Waals surface area (Å²) in [5.41, 5.74) is 6.99. The van der Waals surface area contributed by atoms with Crippen LogP contribution in [0.15, 0.2) is 23.1 Å². The van der Waals surface area contributed by atoms with E-state index in [0.717, 1.165) is 12.0 Å². The molecule has 1 rings (SSSR count). The fraction of sp³-hybridized carbons (Fsp3) is 0.538. The van der Waals surface area contributed by atoms with Gasteiger partial charge in [0.15, 0.2) is 0 Å². The highest BCUT2D eigenvalue weighted by atomic mass is 32.2. The smallest absolute Gasteiger partial charge is 0.240 e. The van der Waals surface area contributed by atoms with Gasteiger partial charge in [0.1, 0.15) is 0 Å². The maximum Gasteiger partial charge on any atom is 0.240 e. The monoisotopic (exact) mass is 270 g/mol. The molecule has 4 nitrogen and oxygen atoms in total. The van der Waals surface area contributed by atoms with Crippen molar-refractivity contribution in [2.75, 3.05) is 5.73 Å². The van der Waals surface area contributed by atoms with Crippen molar-refractivity contribution in [1.82, 2.24) is 4.72 Å². The lowest BCUT2D eigenvalue weighted by molar-refractivity contribution is 0.437. The molecule has 1 aromatic carbocycles. The molecule has 3 N–H and O–H groups in total. The predicted molar refractivity (Wildman–Crippen MR) is 74.8 cm³/mol. The molecular formula is C13H22N2O2S. The molecule has 0 amide bonds.